The zero-order valence-electron chi connectivity index (χ0n) is 9.70. The molecule has 0 bridgehead atoms. The maximum atomic E-state index is 3.65. The summed E-state index contributed by atoms with van der Waals surface area (Å²) in [6, 6.07) is 15.0. The number of benzene rings is 2. The van der Waals surface area contributed by atoms with E-state index in [4.69, 9.17) is 0 Å². The molecule has 2 aromatic rings. The van der Waals surface area contributed by atoms with Gasteiger partial charge in [0.1, 0.15) is 0 Å². The van der Waals surface area contributed by atoms with E-state index in [2.05, 4.69) is 71.4 Å². The van der Waals surface area contributed by atoms with Crippen LogP contribution in [0.2, 0.25) is 0 Å². The van der Waals surface area contributed by atoms with E-state index in [9.17, 15) is 0 Å². The smallest absolute Gasteiger partial charge is 0.0216 e. The van der Waals surface area contributed by atoms with Gasteiger partial charge < -0.3 is 0 Å². The van der Waals surface area contributed by atoms with Crippen LogP contribution in [0, 0.1) is 0 Å². The van der Waals surface area contributed by atoms with Crippen LogP contribution >= 0.6 is 15.9 Å². The summed E-state index contributed by atoms with van der Waals surface area (Å²) in [5.74, 6) is 0. The molecule has 1 aliphatic carbocycles. The van der Waals surface area contributed by atoms with Crippen molar-refractivity contribution in [3.63, 3.8) is 0 Å². The van der Waals surface area contributed by atoms with Crippen molar-refractivity contribution in [1.29, 1.82) is 0 Å². The molecule has 0 heterocycles. The van der Waals surface area contributed by atoms with Crippen LogP contribution in [0.25, 0.3) is 16.7 Å². The average Bonchev–Trinajstić information content (AvgIpc) is 2.75. The summed E-state index contributed by atoms with van der Waals surface area (Å²) in [4.78, 5) is 0. The number of hydrogen-bond donors (Lipinski definition) is 0. The molecule has 0 atom stereocenters. The van der Waals surface area contributed by atoms with E-state index in [0.717, 1.165) is 6.42 Å². The van der Waals surface area contributed by atoms with Crippen molar-refractivity contribution in [3.8, 4) is 11.1 Å². The van der Waals surface area contributed by atoms with E-state index >= 15 is 0 Å². The molecule has 0 radical (unpaired) electrons. The Labute approximate surface area is 110 Å². The maximum absolute atomic E-state index is 3.65. The Kier molecular flexibility index (Phi) is 2.64. The van der Waals surface area contributed by atoms with Crippen molar-refractivity contribution in [2.24, 2.45) is 0 Å². The normalized spacial score (nSPS) is 13.4. The molecule has 0 nitrogen and oxygen atoms in total. The predicted octanol–water partition coefficient (Wildman–Crippen LogP) is 5.08. The molecule has 2 aromatic carbocycles. The molecule has 1 heteroatoms. The van der Waals surface area contributed by atoms with Crippen molar-refractivity contribution in [2.75, 3.05) is 0 Å². The number of fused-ring (bicyclic) bond motifs is 1. The fourth-order valence-corrected chi connectivity index (χ4v) is 2.98. The lowest BCUT2D eigenvalue weighted by molar-refractivity contribution is 1.29. The second kappa shape index (κ2) is 4.15. The first kappa shape index (κ1) is 10.8. The first-order valence-corrected chi connectivity index (χ1v) is 6.60. The molecule has 0 fully saturated rings. The highest BCUT2D eigenvalue weighted by Crippen LogP contribution is 2.39. The Bertz CT molecular complexity index is 594. The molecule has 0 aromatic heterocycles. The van der Waals surface area contributed by atoms with Crippen molar-refractivity contribution in [2.45, 2.75) is 13.3 Å². The number of allylic oxidation sites excluding steroid dienone is 2. The molecule has 0 unspecified atom stereocenters. The molecule has 0 saturated heterocycles. The second-order valence-corrected chi connectivity index (χ2v) is 5.26. The van der Waals surface area contributed by atoms with Gasteiger partial charge in [0.15, 0.2) is 0 Å². The fraction of sp³-hybridized carbons (Fsp3) is 0.125. The quantitative estimate of drug-likeness (QED) is 0.685. The van der Waals surface area contributed by atoms with E-state index in [0.29, 0.717) is 0 Å². The minimum Gasteiger partial charge on any atom is -0.0765 e. The summed E-state index contributed by atoms with van der Waals surface area (Å²) in [6.45, 7) is 2.20. The van der Waals surface area contributed by atoms with Gasteiger partial charge in [0.05, 0.1) is 0 Å². The summed E-state index contributed by atoms with van der Waals surface area (Å²) in [5.41, 5.74) is 6.86. The highest BCUT2D eigenvalue weighted by atomic mass is 79.9. The van der Waals surface area contributed by atoms with Gasteiger partial charge in [0, 0.05) is 4.47 Å². The van der Waals surface area contributed by atoms with E-state index in [1.165, 1.54) is 32.3 Å². The van der Waals surface area contributed by atoms with Gasteiger partial charge in [-0.2, -0.15) is 0 Å². The van der Waals surface area contributed by atoms with Gasteiger partial charge in [0.2, 0.25) is 0 Å². The average molecular weight is 285 g/mol. The maximum Gasteiger partial charge on any atom is 0.0216 e. The van der Waals surface area contributed by atoms with Crippen LogP contribution in [0.15, 0.2) is 53.0 Å². The van der Waals surface area contributed by atoms with Crippen molar-refractivity contribution < 1.29 is 0 Å². The summed E-state index contributed by atoms with van der Waals surface area (Å²) >= 11 is 3.65. The van der Waals surface area contributed by atoms with Crippen LogP contribution in [-0.4, -0.2) is 0 Å². The van der Waals surface area contributed by atoms with Crippen LogP contribution in [0.4, 0.5) is 0 Å². The fourth-order valence-electron chi connectivity index (χ4n) is 2.49. The summed E-state index contributed by atoms with van der Waals surface area (Å²) < 4.78 is 1.22. The predicted molar refractivity (Wildman–Crippen MR) is 76.9 cm³/mol. The van der Waals surface area contributed by atoms with Gasteiger partial charge in [0.25, 0.3) is 0 Å². The van der Waals surface area contributed by atoms with Crippen molar-refractivity contribution in [1.82, 2.24) is 0 Å². The molecule has 0 aliphatic heterocycles. The molecule has 1 aliphatic rings. The molecular weight excluding hydrogens is 272 g/mol. The Hall–Kier alpha value is -1.34. The van der Waals surface area contributed by atoms with Crippen molar-refractivity contribution >= 4 is 21.5 Å². The minimum atomic E-state index is 1.04. The van der Waals surface area contributed by atoms with Crippen LogP contribution in [-0.2, 0) is 6.42 Å². The zero-order chi connectivity index (χ0) is 11.8. The molecule has 84 valence electrons. The van der Waals surface area contributed by atoms with Crippen LogP contribution in [0.5, 0.6) is 0 Å². The molecule has 3 rings (SSSR count). The van der Waals surface area contributed by atoms with Crippen LogP contribution in [0.1, 0.15) is 18.1 Å². The zero-order valence-corrected chi connectivity index (χ0v) is 11.3. The third kappa shape index (κ3) is 1.75. The summed E-state index contributed by atoms with van der Waals surface area (Å²) in [6.07, 6.45) is 3.35. The largest absolute Gasteiger partial charge is 0.0765 e. The number of hydrogen-bond acceptors (Lipinski definition) is 0. The lowest BCUT2D eigenvalue weighted by atomic mass is 9.94. The van der Waals surface area contributed by atoms with Gasteiger partial charge in [-0.3, -0.25) is 0 Å². The van der Waals surface area contributed by atoms with E-state index in [1.54, 1.807) is 0 Å². The molecule has 0 amide bonds. The Morgan fingerprint density at radius 3 is 2.53 bits per heavy atom. The monoisotopic (exact) mass is 284 g/mol. The lowest BCUT2D eigenvalue weighted by Gasteiger charge is -2.12. The highest BCUT2D eigenvalue weighted by Gasteiger charge is 2.18. The first-order chi connectivity index (χ1) is 8.27. The second-order valence-electron chi connectivity index (χ2n) is 4.41. The minimum absolute atomic E-state index is 1.04. The third-order valence-electron chi connectivity index (χ3n) is 3.35. The Morgan fingerprint density at radius 2 is 1.76 bits per heavy atom. The van der Waals surface area contributed by atoms with E-state index in [1.807, 2.05) is 0 Å². The molecule has 0 spiro atoms. The molecular formula is C16H13Br. The number of halogens is 1. The van der Waals surface area contributed by atoms with Gasteiger partial charge >= 0.3 is 0 Å². The molecule has 0 saturated carbocycles. The van der Waals surface area contributed by atoms with Gasteiger partial charge in [-0.25, -0.2) is 0 Å². The molecule has 0 N–H and O–H groups in total. The van der Waals surface area contributed by atoms with E-state index < -0.39 is 0 Å². The standard InChI is InChI=1S/C16H13Br/c1-11-7-8-14-15(17)10-9-13(16(11)14)12-5-3-2-4-6-12/h2-7,9-10H,8H2,1H3. The summed E-state index contributed by atoms with van der Waals surface area (Å²) in [7, 11) is 0. The highest BCUT2D eigenvalue weighted by molar-refractivity contribution is 9.10. The Morgan fingerprint density at radius 1 is 1.00 bits per heavy atom. The van der Waals surface area contributed by atoms with Gasteiger partial charge in [-0.15, -0.1) is 0 Å². The van der Waals surface area contributed by atoms with Gasteiger partial charge in [-0.05, 0) is 47.2 Å². The molecule has 17 heavy (non-hydrogen) atoms. The SMILES string of the molecule is CC1=CCc2c(Br)ccc(-c3ccccc3)c21. The van der Waals surface area contributed by atoms with Crippen LogP contribution in [0.3, 0.4) is 0 Å². The third-order valence-corrected chi connectivity index (χ3v) is 4.09. The topological polar surface area (TPSA) is 0 Å². The lowest BCUT2D eigenvalue weighted by Crippen LogP contribution is -1.90. The van der Waals surface area contributed by atoms with E-state index in [-0.39, 0.29) is 0 Å². The first-order valence-electron chi connectivity index (χ1n) is 5.81. The number of rotatable bonds is 1. The Balaban J connectivity index is 2.26. The van der Waals surface area contributed by atoms with Gasteiger partial charge in [-0.1, -0.05) is 58.4 Å². The van der Waals surface area contributed by atoms with Crippen molar-refractivity contribution in [3.05, 3.63) is 64.1 Å². The summed E-state index contributed by atoms with van der Waals surface area (Å²) in [5, 5.41) is 0. The van der Waals surface area contributed by atoms with Crippen LogP contribution < -0.4 is 0 Å².